The molecule has 0 aliphatic heterocycles. The molecule has 4 rings (SSSR count). The molecule has 0 saturated carbocycles. The highest BCUT2D eigenvalue weighted by atomic mass is 19.1. The maximum atomic E-state index is 14.5. The molecule has 0 amide bonds. The number of nitrogens with one attached hydrogen (secondary N) is 2. The van der Waals surface area contributed by atoms with Crippen molar-refractivity contribution >= 4 is 40.0 Å². The third-order valence-electron chi connectivity index (χ3n) is 4.19. The van der Waals surface area contributed by atoms with Crippen molar-refractivity contribution in [3.8, 4) is 0 Å². The number of halogens is 2. The minimum Gasteiger partial charge on any atom is -0.399 e. The monoisotopic (exact) mass is 397 g/mol. The Morgan fingerprint density at radius 3 is 2.03 bits per heavy atom. The van der Waals surface area contributed by atoms with E-state index in [0.717, 1.165) is 18.4 Å². The quantitative estimate of drug-likeness (QED) is 0.412. The summed E-state index contributed by atoms with van der Waals surface area (Å²) in [6, 6.07) is 9.06. The van der Waals surface area contributed by atoms with E-state index >= 15 is 0 Å². The number of fused-ring (bicyclic) bond motifs is 1. The van der Waals surface area contributed by atoms with Crippen molar-refractivity contribution in [3.05, 3.63) is 53.6 Å². The Morgan fingerprint density at radius 2 is 1.48 bits per heavy atom. The highest BCUT2D eigenvalue weighted by molar-refractivity contribution is 5.79. The molecule has 0 aliphatic carbocycles. The van der Waals surface area contributed by atoms with Crippen LogP contribution in [0.4, 0.5) is 37.5 Å². The summed E-state index contributed by atoms with van der Waals surface area (Å²) in [6.45, 7) is 2.02. The van der Waals surface area contributed by atoms with E-state index in [2.05, 4.69) is 35.5 Å². The van der Waals surface area contributed by atoms with Crippen LogP contribution in [0.15, 0.2) is 41.0 Å². The third-order valence-corrected chi connectivity index (χ3v) is 4.19. The second-order valence-electron chi connectivity index (χ2n) is 6.39. The van der Waals surface area contributed by atoms with Crippen LogP contribution in [0.2, 0.25) is 0 Å². The molecule has 4 aromatic rings. The van der Waals surface area contributed by atoms with Crippen LogP contribution >= 0.6 is 0 Å². The van der Waals surface area contributed by atoms with Crippen LogP contribution in [-0.4, -0.2) is 20.3 Å². The van der Waals surface area contributed by atoms with E-state index in [1.807, 2.05) is 13.0 Å². The molecule has 2 aromatic heterocycles. The van der Waals surface area contributed by atoms with Crippen LogP contribution in [-0.2, 0) is 6.42 Å². The number of nitrogens with two attached hydrogens (primary N) is 1. The number of nitrogen functional groups attached to an aromatic ring is 1. The summed E-state index contributed by atoms with van der Waals surface area (Å²) < 4.78 is 33.4. The van der Waals surface area contributed by atoms with Gasteiger partial charge < -0.3 is 16.4 Å². The first-order valence-corrected chi connectivity index (χ1v) is 8.91. The largest absolute Gasteiger partial charge is 0.399 e. The number of benzene rings is 2. The smallest absolute Gasteiger partial charge is 0.245 e. The highest BCUT2D eigenvalue weighted by Gasteiger charge is 2.16. The van der Waals surface area contributed by atoms with E-state index in [1.165, 1.54) is 24.3 Å². The number of aryl methyl sites for hydroxylation is 1. The Balaban J connectivity index is 1.72. The van der Waals surface area contributed by atoms with Gasteiger partial charge in [0.15, 0.2) is 11.6 Å². The molecule has 0 atom stereocenters. The molecule has 8 nitrogen and oxygen atoms in total. The summed E-state index contributed by atoms with van der Waals surface area (Å²) in [4.78, 5) is 8.50. The van der Waals surface area contributed by atoms with Gasteiger partial charge in [0.1, 0.15) is 11.6 Å². The molecule has 0 spiro atoms. The van der Waals surface area contributed by atoms with E-state index in [4.69, 9.17) is 5.73 Å². The molecule has 2 heterocycles. The van der Waals surface area contributed by atoms with Crippen LogP contribution in [0.1, 0.15) is 18.9 Å². The first kappa shape index (κ1) is 18.5. The van der Waals surface area contributed by atoms with Gasteiger partial charge in [-0.25, -0.2) is 23.4 Å². The van der Waals surface area contributed by atoms with Gasteiger partial charge in [-0.1, -0.05) is 19.4 Å². The lowest BCUT2D eigenvalue weighted by atomic mass is 10.1. The highest BCUT2D eigenvalue weighted by Crippen LogP contribution is 2.29. The van der Waals surface area contributed by atoms with Crippen molar-refractivity contribution in [2.45, 2.75) is 19.8 Å². The zero-order valence-corrected chi connectivity index (χ0v) is 15.4. The topological polar surface area (TPSA) is 115 Å². The number of hydrogen-bond acceptors (Lipinski definition) is 8. The second kappa shape index (κ2) is 7.66. The Bertz CT molecular complexity index is 1180. The minimum atomic E-state index is -0.578. The molecule has 0 radical (unpaired) electrons. The zero-order chi connectivity index (χ0) is 20.4. The molecule has 10 heteroatoms. The maximum Gasteiger partial charge on any atom is 0.245 e. The lowest BCUT2D eigenvalue weighted by molar-refractivity contribution is 0.314. The summed E-state index contributed by atoms with van der Waals surface area (Å²) in [5.41, 5.74) is 7.30. The summed E-state index contributed by atoms with van der Waals surface area (Å²) in [6.07, 6.45) is 1.69. The van der Waals surface area contributed by atoms with Crippen LogP contribution in [0.25, 0.3) is 11.3 Å². The average Bonchev–Trinajstić information content (AvgIpc) is 3.13. The lowest BCUT2D eigenvalue weighted by Crippen LogP contribution is -2.05. The van der Waals surface area contributed by atoms with Crippen molar-refractivity contribution in [3.63, 3.8) is 0 Å². The van der Waals surface area contributed by atoms with E-state index in [-0.39, 0.29) is 40.0 Å². The molecule has 0 saturated heterocycles. The van der Waals surface area contributed by atoms with Gasteiger partial charge in [0.05, 0.1) is 11.4 Å². The number of hydrogen-bond donors (Lipinski definition) is 3. The predicted molar refractivity (Wildman–Crippen MR) is 105 cm³/mol. The Hall–Kier alpha value is -3.82. The van der Waals surface area contributed by atoms with Gasteiger partial charge in [-0.2, -0.15) is 0 Å². The van der Waals surface area contributed by atoms with Gasteiger partial charge in [-0.15, -0.1) is 0 Å². The first-order chi connectivity index (χ1) is 14.0. The summed E-state index contributed by atoms with van der Waals surface area (Å²) in [7, 11) is 0. The van der Waals surface area contributed by atoms with E-state index in [0.29, 0.717) is 0 Å². The van der Waals surface area contributed by atoms with E-state index < -0.39 is 11.6 Å². The normalized spacial score (nSPS) is 11.0. The molecule has 0 aliphatic rings. The van der Waals surface area contributed by atoms with Gasteiger partial charge in [0.25, 0.3) is 0 Å². The van der Waals surface area contributed by atoms with Crippen LogP contribution in [0.5, 0.6) is 0 Å². The van der Waals surface area contributed by atoms with E-state index in [9.17, 15) is 8.78 Å². The molecule has 148 valence electrons. The zero-order valence-electron chi connectivity index (χ0n) is 15.4. The molecule has 29 heavy (non-hydrogen) atoms. The second-order valence-corrected chi connectivity index (χ2v) is 6.39. The summed E-state index contributed by atoms with van der Waals surface area (Å²) >= 11 is 0. The number of aromatic nitrogens is 4. The number of rotatable bonds is 6. The van der Waals surface area contributed by atoms with Crippen molar-refractivity contribution in [2.24, 2.45) is 0 Å². The Labute approximate surface area is 164 Å². The minimum absolute atomic E-state index is 0.117. The van der Waals surface area contributed by atoms with Crippen molar-refractivity contribution in [1.82, 2.24) is 20.3 Å². The molecule has 4 N–H and O–H groups in total. The van der Waals surface area contributed by atoms with Gasteiger partial charge in [0.2, 0.25) is 11.3 Å². The summed E-state index contributed by atoms with van der Waals surface area (Å²) in [5, 5.41) is 13.0. The standard InChI is InChI=1S/C19H17F2N7O/c1-2-3-10-4-6-14(12(20)8-10)23-16-17(26-19-18(25-16)27-29-28-19)24-15-7-5-11(22)9-13(15)21/h4-9H,2-3,22H2,1H3,(H,23,25,27)(H,24,26,28). The van der Waals surface area contributed by atoms with Crippen LogP contribution < -0.4 is 16.4 Å². The van der Waals surface area contributed by atoms with Gasteiger partial charge in [0, 0.05) is 5.69 Å². The summed E-state index contributed by atoms with van der Waals surface area (Å²) in [5.74, 6) is -0.771. The van der Waals surface area contributed by atoms with Crippen molar-refractivity contribution in [2.75, 3.05) is 16.4 Å². The predicted octanol–water partition coefficient (Wildman–Crippen LogP) is 4.31. The third kappa shape index (κ3) is 3.91. The van der Waals surface area contributed by atoms with Crippen molar-refractivity contribution in [1.29, 1.82) is 0 Å². The average molecular weight is 397 g/mol. The Morgan fingerprint density at radius 1 is 0.897 bits per heavy atom. The molecular weight excluding hydrogens is 380 g/mol. The molecule has 0 bridgehead atoms. The van der Waals surface area contributed by atoms with Crippen molar-refractivity contribution < 1.29 is 13.4 Å². The van der Waals surface area contributed by atoms with Crippen LogP contribution in [0, 0.1) is 11.6 Å². The first-order valence-electron chi connectivity index (χ1n) is 8.91. The lowest BCUT2D eigenvalue weighted by Gasteiger charge is -2.13. The molecular formula is C19H17F2N7O. The van der Waals surface area contributed by atoms with Gasteiger partial charge in [-0.3, -0.25) is 0 Å². The number of anilines is 5. The Kier molecular flexibility index (Phi) is 4.90. The maximum absolute atomic E-state index is 14.5. The fraction of sp³-hybridized carbons (Fsp3) is 0.158. The molecule has 0 fully saturated rings. The van der Waals surface area contributed by atoms with Gasteiger partial charge in [-0.05, 0) is 52.6 Å². The molecule has 2 aromatic carbocycles. The van der Waals surface area contributed by atoms with Gasteiger partial charge >= 0.3 is 0 Å². The van der Waals surface area contributed by atoms with E-state index in [1.54, 1.807) is 6.07 Å². The SMILES string of the molecule is CCCc1ccc(Nc2nc3nonc3nc2Nc2ccc(N)cc2F)c(F)c1. The van der Waals surface area contributed by atoms with Crippen LogP contribution in [0.3, 0.4) is 0 Å². The number of nitrogens with zero attached hydrogens (tertiary/aromatic N) is 4. The fourth-order valence-corrected chi connectivity index (χ4v) is 2.80. The molecule has 0 unspecified atom stereocenters. The fourth-order valence-electron chi connectivity index (χ4n) is 2.80.